The monoisotopic (exact) mass is 472 g/mol. The van der Waals surface area contributed by atoms with Gasteiger partial charge in [-0.3, -0.25) is 9.78 Å². The third-order valence-electron chi connectivity index (χ3n) is 5.51. The Morgan fingerprint density at radius 2 is 2.03 bits per heavy atom. The number of carbonyl (C=O) groups excluding carboxylic acids is 1. The molecule has 1 saturated heterocycles. The van der Waals surface area contributed by atoms with Crippen molar-refractivity contribution in [1.29, 1.82) is 0 Å². The number of hydrogen-bond donors (Lipinski definition) is 0. The molecule has 0 radical (unpaired) electrons. The van der Waals surface area contributed by atoms with E-state index in [-0.39, 0.29) is 17.5 Å². The Morgan fingerprint density at radius 1 is 1.18 bits per heavy atom. The summed E-state index contributed by atoms with van der Waals surface area (Å²) in [6.45, 7) is 2.06. The van der Waals surface area contributed by atoms with Crippen LogP contribution in [0.25, 0.3) is 33.1 Å². The van der Waals surface area contributed by atoms with Crippen LogP contribution in [-0.4, -0.2) is 66.5 Å². The molecule has 4 aromatic rings. The van der Waals surface area contributed by atoms with Crippen LogP contribution in [0.1, 0.15) is 16.9 Å². The lowest BCUT2D eigenvalue weighted by atomic mass is 10.1. The van der Waals surface area contributed by atoms with Gasteiger partial charge in [-0.15, -0.1) is 0 Å². The van der Waals surface area contributed by atoms with E-state index in [2.05, 4.69) is 10.1 Å². The van der Waals surface area contributed by atoms with Crippen LogP contribution in [-0.2, 0) is 20.5 Å². The first-order valence-corrected chi connectivity index (χ1v) is 12.4. The molecular weight excluding hydrogens is 451 g/mol. The number of sulfone groups is 1. The van der Waals surface area contributed by atoms with Crippen molar-refractivity contribution in [1.82, 2.24) is 19.7 Å². The number of halogens is 1. The second-order valence-corrected chi connectivity index (χ2v) is 10.1. The van der Waals surface area contributed by atoms with Gasteiger partial charge in [-0.05, 0) is 30.7 Å². The van der Waals surface area contributed by atoms with E-state index in [1.807, 2.05) is 0 Å². The number of furan rings is 1. The number of nitrogens with zero attached hydrogens (tertiary/aromatic N) is 4. The standard InChI is InChI=1S/C22H21FN4O5S/c1-33(29,30)13-27-19-10-18(22(28)26-5-2-7-31-8-6-26)24-11-16(19)21(25-27)17-12-32-20-4-3-14(23)9-15(17)20/h3-4,9-12H,2,5-8,13H2,1H3. The molecule has 1 aromatic carbocycles. The van der Waals surface area contributed by atoms with E-state index < -0.39 is 15.7 Å². The SMILES string of the molecule is CS(=O)(=O)Cn1nc(-c2coc3ccc(F)cc23)c2cnc(C(=O)N3CCCOCC3)cc21. The summed E-state index contributed by atoms with van der Waals surface area (Å²) in [5.74, 6) is -1.08. The van der Waals surface area contributed by atoms with Crippen molar-refractivity contribution >= 4 is 37.6 Å². The van der Waals surface area contributed by atoms with Gasteiger partial charge in [0.2, 0.25) is 0 Å². The molecule has 172 valence electrons. The summed E-state index contributed by atoms with van der Waals surface area (Å²) in [7, 11) is -3.45. The molecule has 0 N–H and O–H groups in total. The van der Waals surface area contributed by atoms with E-state index in [1.165, 1.54) is 35.3 Å². The molecule has 1 fully saturated rings. The Balaban J connectivity index is 1.65. The topological polar surface area (TPSA) is 108 Å². The quantitative estimate of drug-likeness (QED) is 0.449. The molecule has 0 aliphatic carbocycles. The maximum atomic E-state index is 13.9. The lowest BCUT2D eigenvalue weighted by Gasteiger charge is -2.19. The number of carbonyl (C=O) groups is 1. The van der Waals surface area contributed by atoms with E-state index in [4.69, 9.17) is 9.15 Å². The molecule has 0 bridgehead atoms. The average molecular weight is 472 g/mol. The zero-order valence-electron chi connectivity index (χ0n) is 17.8. The zero-order chi connectivity index (χ0) is 23.2. The predicted octanol–water partition coefficient (Wildman–Crippen LogP) is 2.85. The number of pyridine rings is 1. The number of benzene rings is 1. The molecule has 0 unspecified atom stereocenters. The molecule has 11 heteroatoms. The van der Waals surface area contributed by atoms with Crippen LogP contribution in [0.2, 0.25) is 0 Å². The number of amides is 1. The first kappa shape index (κ1) is 21.5. The first-order chi connectivity index (χ1) is 15.8. The normalized spacial score (nSPS) is 15.3. The van der Waals surface area contributed by atoms with Gasteiger partial charge in [-0.1, -0.05) is 0 Å². The molecule has 0 atom stereocenters. The van der Waals surface area contributed by atoms with Gasteiger partial charge < -0.3 is 14.1 Å². The van der Waals surface area contributed by atoms with Crippen LogP contribution < -0.4 is 0 Å². The summed E-state index contributed by atoms with van der Waals surface area (Å²) in [4.78, 5) is 19.1. The van der Waals surface area contributed by atoms with Crippen LogP contribution in [0, 0.1) is 5.82 Å². The summed E-state index contributed by atoms with van der Waals surface area (Å²) in [5.41, 5.74) is 2.00. The minimum Gasteiger partial charge on any atom is -0.464 e. The summed E-state index contributed by atoms with van der Waals surface area (Å²) >= 11 is 0. The van der Waals surface area contributed by atoms with E-state index in [0.717, 1.165) is 12.7 Å². The van der Waals surface area contributed by atoms with Gasteiger partial charge in [0.25, 0.3) is 5.91 Å². The van der Waals surface area contributed by atoms with Gasteiger partial charge in [0.15, 0.2) is 9.84 Å². The molecule has 1 aliphatic rings. The van der Waals surface area contributed by atoms with E-state index in [9.17, 15) is 17.6 Å². The summed E-state index contributed by atoms with van der Waals surface area (Å²) in [5, 5.41) is 5.53. The Kier molecular flexibility index (Phi) is 5.37. The lowest BCUT2D eigenvalue weighted by molar-refractivity contribution is 0.0735. The second kappa shape index (κ2) is 8.23. The van der Waals surface area contributed by atoms with E-state index in [0.29, 0.717) is 59.4 Å². The third-order valence-corrected chi connectivity index (χ3v) is 6.23. The first-order valence-electron chi connectivity index (χ1n) is 10.4. The van der Waals surface area contributed by atoms with Gasteiger partial charge in [0.05, 0.1) is 12.1 Å². The van der Waals surface area contributed by atoms with Gasteiger partial charge >= 0.3 is 0 Å². The van der Waals surface area contributed by atoms with Gasteiger partial charge in [0.1, 0.15) is 34.9 Å². The Hall–Kier alpha value is -3.31. The van der Waals surface area contributed by atoms with Crippen molar-refractivity contribution < 1.29 is 26.8 Å². The van der Waals surface area contributed by atoms with Gasteiger partial charge in [0, 0.05) is 48.5 Å². The van der Waals surface area contributed by atoms with Crippen LogP contribution >= 0.6 is 0 Å². The van der Waals surface area contributed by atoms with Crippen molar-refractivity contribution in [3.05, 3.63) is 48.2 Å². The van der Waals surface area contributed by atoms with Crippen molar-refractivity contribution in [2.45, 2.75) is 12.3 Å². The number of aromatic nitrogens is 3. The highest BCUT2D eigenvalue weighted by atomic mass is 32.2. The van der Waals surface area contributed by atoms with E-state index in [1.54, 1.807) is 11.0 Å². The molecule has 4 heterocycles. The lowest BCUT2D eigenvalue weighted by Crippen LogP contribution is -2.33. The van der Waals surface area contributed by atoms with Crippen LogP contribution in [0.5, 0.6) is 0 Å². The zero-order valence-corrected chi connectivity index (χ0v) is 18.6. The molecule has 0 spiro atoms. The Morgan fingerprint density at radius 3 is 2.85 bits per heavy atom. The molecular formula is C22H21FN4O5S. The number of hydrogen-bond acceptors (Lipinski definition) is 7. The van der Waals surface area contributed by atoms with Crippen molar-refractivity contribution in [3.8, 4) is 11.3 Å². The molecule has 9 nitrogen and oxygen atoms in total. The smallest absolute Gasteiger partial charge is 0.272 e. The van der Waals surface area contributed by atoms with Crippen molar-refractivity contribution in [2.75, 3.05) is 32.6 Å². The predicted molar refractivity (Wildman–Crippen MR) is 119 cm³/mol. The summed E-state index contributed by atoms with van der Waals surface area (Å²) in [6.07, 6.45) is 4.78. The summed E-state index contributed by atoms with van der Waals surface area (Å²) < 4.78 is 50.3. The maximum absolute atomic E-state index is 13.9. The maximum Gasteiger partial charge on any atom is 0.272 e. The van der Waals surface area contributed by atoms with Crippen molar-refractivity contribution in [2.24, 2.45) is 0 Å². The molecule has 3 aromatic heterocycles. The highest BCUT2D eigenvalue weighted by Gasteiger charge is 2.23. The van der Waals surface area contributed by atoms with Crippen LogP contribution in [0.15, 0.2) is 41.1 Å². The number of rotatable bonds is 4. The van der Waals surface area contributed by atoms with Crippen LogP contribution in [0.4, 0.5) is 4.39 Å². The minimum atomic E-state index is -3.45. The van der Waals surface area contributed by atoms with Crippen LogP contribution in [0.3, 0.4) is 0 Å². The molecule has 1 amide bonds. The fraction of sp³-hybridized carbons (Fsp3) is 0.318. The Bertz CT molecular complexity index is 1470. The molecule has 1 aliphatic heterocycles. The summed E-state index contributed by atoms with van der Waals surface area (Å²) in [6, 6.07) is 5.70. The largest absolute Gasteiger partial charge is 0.464 e. The van der Waals surface area contributed by atoms with Gasteiger partial charge in [-0.25, -0.2) is 17.5 Å². The fourth-order valence-corrected chi connectivity index (χ4v) is 4.64. The Labute approximate surface area is 188 Å². The number of ether oxygens (including phenoxy) is 1. The fourth-order valence-electron chi connectivity index (χ4n) is 4.00. The van der Waals surface area contributed by atoms with Gasteiger partial charge in [-0.2, -0.15) is 5.10 Å². The second-order valence-electron chi connectivity index (χ2n) is 8.04. The van der Waals surface area contributed by atoms with E-state index >= 15 is 0 Å². The molecule has 5 rings (SSSR count). The highest BCUT2D eigenvalue weighted by Crippen LogP contribution is 2.35. The molecule has 0 saturated carbocycles. The van der Waals surface area contributed by atoms with Crippen molar-refractivity contribution in [3.63, 3.8) is 0 Å². The third kappa shape index (κ3) is 4.21. The minimum absolute atomic E-state index is 0.189. The molecule has 33 heavy (non-hydrogen) atoms. The highest BCUT2D eigenvalue weighted by molar-refractivity contribution is 7.89. The number of fused-ring (bicyclic) bond motifs is 2. The average Bonchev–Trinajstić information content (AvgIpc) is 3.20.